The first-order chi connectivity index (χ1) is 21.0. The van der Waals surface area contributed by atoms with Crippen LogP contribution in [0.4, 0.5) is 22.0 Å². The number of unbranched alkanes of at least 4 members (excludes halogenated alkanes) is 4. The van der Waals surface area contributed by atoms with Crippen LogP contribution in [-0.2, 0) is 16.3 Å². The molecule has 2 aromatic rings. The summed E-state index contributed by atoms with van der Waals surface area (Å²) in [6, 6.07) is 8.91. The molecule has 2 aromatic carbocycles. The summed E-state index contributed by atoms with van der Waals surface area (Å²) >= 11 is 0. The Hall–Kier alpha value is -2.50. The highest BCUT2D eigenvalue weighted by Crippen LogP contribution is 2.40. The van der Waals surface area contributed by atoms with Crippen LogP contribution in [0, 0.1) is 11.6 Å². The van der Waals surface area contributed by atoms with Crippen LogP contribution in [-0.4, -0.2) is 66.4 Å². The molecule has 0 atom stereocenters. The van der Waals surface area contributed by atoms with Gasteiger partial charge in [-0.2, -0.15) is 13.2 Å². The molecular formula is C34H46F5NO4S. The number of allylic oxidation sites excluding steroid dienone is 2. The van der Waals surface area contributed by atoms with Crippen molar-refractivity contribution >= 4 is 21.0 Å². The van der Waals surface area contributed by atoms with E-state index in [4.69, 9.17) is 0 Å². The fourth-order valence-electron chi connectivity index (χ4n) is 6.02. The summed E-state index contributed by atoms with van der Waals surface area (Å²) < 4.78 is 89.5. The molecule has 1 aliphatic rings. The predicted molar refractivity (Wildman–Crippen MR) is 169 cm³/mol. The molecule has 2 N–H and O–H groups in total. The Balaban J connectivity index is 1.57. The molecule has 0 fully saturated rings. The molecule has 0 heterocycles. The fraction of sp³-hybridized carbons (Fsp3) is 0.588. The summed E-state index contributed by atoms with van der Waals surface area (Å²) in [6.45, 7) is 4.99. The Labute approximate surface area is 264 Å². The van der Waals surface area contributed by atoms with Gasteiger partial charge in [0.2, 0.25) is 0 Å². The zero-order valence-electron chi connectivity index (χ0n) is 26.2. The first kappa shape index (κ1) is 37.0. The minimum atomic E-state index is -4.50. The second kappa shape index (κ2) is 16.4. The number of hydrogen-bond acceptors (Lipinski definition) is 5. The van der Waals surface area contributed by atoms with Gasteiger partial charge >= 0.3 is 6.18 Å². The summed E-state index contributed by atoms with van der Waals surface area (Å²) in [5.74, 6) is -2.24. The predicted octanol–water partition coefficient (Wildman–Crippen LogP) is 8.09. The molecule has 11 heteroatoms. The molecule has 0 aromatic heterocycles. The first-order valence-corrected chi connectivity index (χ1v) is 17.6. The number of phenols is 1. The van der Waals surface area contributed by atoms with E-state index < -0.39 is 45.4 Å². The van der Waals surface area contributed by atoms with Crippen LogP contribution >= 0.6 is 0 Å². The van der Waals surface area contributed by atoms with E-state index in [0.29, 0.717) is 44.5 Å². The molecule has 252 valence electrons. The maximum atomic E-state index is 14.2. The number of benzene rings is 2. The second-order valence-corrected chi connectivity index (χ2v) is 15.1. The lowest BCUT2D eigenvalue weighted by Gasteiger charge is -2.29. The molecule has 0 saturated heterocycles. The van der Waals surface area contributed by atoms with Crippen molar-refractivity contribution < 1.29 is 40.6 Å². The standard InChI is InChI=1S/C34H46F5NO4S/c1-33(2,42)24-40(17-7-8-18-45(43,44)19-15-34(37,38)39)16-6-4-3-5-11-32-30(26-20-27(35)23-28(36)21-26)12-9-10-25-22-29(41)13-14-31(25)32/h13-14,20-23,41-42H,3-12,15-19,24H2,1-2H3. The minimum Gasteiger partial charge on any atom is -0.508 e. The van der Waals surface area contributed by atoms with Crippen molar-refractivity contribution in [3.8, 4) is 5.75 Å². The Morgan fingerprint density at radius 1 is 0.844 bits per heavy atom. The Bertz CT molecular complexity index is 1380. The number of fused-ring (bicyclic) bond motifs is 1. The van der Waals surface area contributed by atoms with Crippen LogP contribution in [0.15, 0.2) is 36.4 Å². The van der Waals surface area contributed by atoms with E-state index in [1.807, 2.05) is 6.07 Å². The molecule has 5 nitrogen and oxygen atoms in total. The third-order valence-corrected chi connectivity index (χ3v) is 9.74. The number of hydrogen-bond donors (Lipinski definition) is 2. The van der Waals surface area contributed by atoms with Crippen LogP contribution in [0.25, 0.3) is 11.1 Å². The van der Waals surface area contributed by atoms with Crippen molar-refractivity contribution in [2.45, 2.75) is 96.3 Å². The van der Waals surface area contributed by atoms with Crippen molar-refractivity contribution in [3.05, 3.63) is 64.7 Å². The highest BCUT2D eigenvalue weighted by Gasteiger charge is 2.29. The normalized spacial score (nSPS) is 14.6. The second-order valence-electron chi connectivity index (χ2n) is 12.8. The smallest absolute Gasteiger partial charge is 0.390 e. The molecular weight excluding hydrogens is 613 g/mol. The zero-order valence-corrected chi connectivity index (χ0v) is 27.1. The number of alkyl halides is 3. The van der Waals surface area contributed by atoms with Crippen LogP contribution in [0.3, 0.4) is 0 Å². The van der Waals surface area contributed by atoms with Crippen LogP contribution in [0.5, 0.6) is 5.75 Å². The van der Waals surface area contributed by atoms with Crippen molar-refractivity contribution in [2.24, 2.45) is 0 Å². The maximum absolute atomic E-state index is 14.2. The lowest BCUT2D eigenvalue weighted by molar-refractivity contribution is -0.129. The molecule has 45 heavy (non-hydrogen) atoms. The average Bonchev–Trinajstić information content (AvgIpc) is 3.09. The maximum Gasteiger partial charge on any atom is 0.390 e. The Kier molecular flexibility index (Phi) is 13.4. The third-order valence-electron chi connectivity index (χ3n) is 8.00. The summed E-state index contributed by atoms with van der Waals surface area (Å²) in [6.07, 6.45) is 1.33. The molecule has 0 amide bonds. The first-order valence-electron chi connectivity index (χ1n) is 15.7. The summed E-state index contributed by atoms with van der Waals surface area (Å²) in [7, 11) is -3.77. The van der Waals surface area contributed by atoms with E-state index in [1.165, 1.54) is 12.1 Å². The fourth-order valence-corrected chi connectivity index (χ4v) is 7.41. The van der Waals surface area contributed by atoms with Gasteiger partial charge in [-0.25, -0.2) is 17.2 Å². The molecule has 1 aliphatic carbocycles. The van der Waals surface area contributed by atoms with E-state index in [2.05, 4.69) is 4.90 Å². The molecule has 0 aliphatic heterocycles. The van der Waals surface area contributed by atoms with Crippen LogP contribution in [0.2, 0.25) is 0 Å². The molecule has 0 unspecified atom stereocenters. The van der Waals surface area contributed by atoms with E-state index in [9.17, 15) is 40.6 Å². The molecule has 0 bridgehead atoms. The van der Waals surface area contributed by atoms with Crippen molar-refractivity contribution in [2.75, 3.05) is 31.1 Å². The molecule has 0 spiro atoms. The third kappa shape index (κ3) is 13.4. The number of rotatable bonds is 17. The highest BCUT2D eigenvalue weighted by atomic mass is 32.2. The quantitative estimate of drug-likeness (QED) is 0.133. The zero-order chi connectivity index (χ0) is 33.3. The van der Waals surface area contributed by atoms with E-state index >= 15 is 0 Å². The van der Waals surface area contributed by atoms with Crippen LogP contribution < -0.4 is 0 Å². The summed E-state index contributed by atoms with van der Waals surface area (Å²) in [5, 5.41) is 20.4. The number of halogens is 5. The summed E-state index contributed by atoms with van der Waals surface area (Å²) in [5.41, 5.74) is 3.57. The molecule has 0 saturated carbocycles. The van der Waals surface area contributed by atoms with Gasteiger partial charge in [-0.15, -0.1) is 0 Å². The van der Waals surface area contributed by atoms with Gasteiger partial charge in [0, 0.05) is 12.6 Å². The number of aryl methyl sites for hydroxylation is 1. The monoisotopic (exact) mass is 659 g/mol. The number of phenolic OH excluding ortho intramolecular Hbond substituents is 1. The SMILES string of the molecule is CC(C)(O)CN(CCCCCCC1=C(c2cc(F)cc(F)c2)CCCc2cc(O)ccc21)CCCCS(=O)(=O)CCC(F)(F)F. The van der Waals surface area contributed by atoms with Crippen molar-refractivity contribution in [1.82, 2.24) is 4.90 Å². The Morgan fingerprint density at radius 2 is 1.49 bits per heavy atom. The van der Waals surface area contributed by atoms with Crippen LogP contribution in [0.1, 0.15) is 94.7 Å². The van der Waals surface area contributed by atoms with Gasteiger partial charge in [0.15, 0.2) is 9.84 Å². The highest BCUT2D eigenvalue weighted by molar-refractivity contribution is 7.91. The Morgan fingerprint density at radius 3 is 2.13 bits per heavy atom. The van der Waals surface area contributed by atoms with Gasteiger partial charge < -0.3 is 15.1 Å². The topological polar surface area (TPSA) is 77.8 Å². The number of aromatic hydroxyl groups is 1. The van der Waals surface area contributed by atoms with Gasteiger partial charge in [-0.1, -0.05) is 18.9 Å². The van der Waals surface area contributed by atoms with Gasteiger partial charge in [-0.05, 0) is 130 Å². The van der Waals surface area contributed by atoms with Gasteiger partial charge in [0.1, 0.15) is 17.4 Å². The number of sulfone groups is 1. The van der Waals surface area contributed by atoms with E-state index in [-0.39, 0.29) is 17.9 Å². The molecule has 3 rings (SSSR count). The number of aliphatic hydroxyl groups is 1. The van der Waals surface area contributed by atoms with Gasteiger partial charge in [0.05, 0.1) is 23.5 Å². The number of nitrogens with zero attached hydrogens (tertiary/aromatic N) is 1. The lowest BCUT2D eigenvalue weighted by atomic mass is 9.89. The van der Waals surface area contributed by atoms with Crippen molar-refractivity contribution in [1.29, 1.82) is 0 Å². The van der Waals surface area contributed by atoms with Gasteiger partial charge in [0.25, 0.3) is 0 Å². The minimum absolute atomic E-state index is 0.187. The van der Waals surface area contributed by atoms with E-state index in [0.717, 1.165) is 66.9 Å². The van der Waals surface area contributed by atoms with Crippen molar-refractivity contribution in [3.63, 3.8) is 0 Å². The lowest BCUT2D eigenvalue weighted by Crippen LogP contribution is -2.39. The van der Waals surface area contributed by atoms with E-state index in [1.54, 1.807) is 26.0 Å². The largest absolute Gasteiger partial charge is 0.508 e. The summed E-state index contributed by atoms with van der Waals surface area (Å²) in [4.78, 5) is 2.06. The van der Waals surface area contributed by atoms with Gasteiger partial charge in [-0.3, -0.25) is 0 Å². The molecule has 0 radical (unpaired) electrons. The average molecular weight is 660 g/mol.